The fraction of sp³-hybridized carbons (Fsp3) is 0.250. The van der Waals surface area contributed by atoms with Gasteiger partial charge in [-0.25, -0.2) is 0 Å². The summed E-state index contributed by atoms with van der Waals surface area (Å²) in [6.07, 6.45) is 3.41. The Bertz CT molecular complexity index is 1150. The highest BCUT2D eigenvalue weighted by molar-refractivity contribution is 7.99. The van der Waals surface area contributed by atoms with Crippen molar-refractivity contribution in [1.29, 1.82) is 0 Å². The number of halogens is 1. The number of thioether (sulfide) groups is 1. The van der Waals surface area contributed by atoms with Gasteiger partial charge in [-0.15, -0.1) is 16.8 Å². The quantitative estimate of drug-likeness (QED) is 0.368. The molecule has 3 aromatic rings. The second-order valence-electron chi connectivity index (χ2n) is 7.58. The summed E-state index contributed by atoms with van der Waals surface area (Å²) in [5.74, 6) is 0.639. The van der Waals surface area contributed by atoms with Gasteiger partial charge in [-0.2, -0.15) is 0 Å². The molecule has 1 atom stereocenters. The van der Waals surface area contributed by atoms with Crippen molar-refractivity contribution >= 4 is 40.9 Å². The van der Waals surface area contributed by atoms with E-state index in [2.05, 4.69) is 22.1 Å². The number of para-hydroxylation sites is 1. The van der Waals surface area contributed by atoms with Crippen molar-refractivity contribution in [2.24, 2.45) is 0 Å². The van der Waals surface area contributed by atoms with E-state index in [1.54, 1.807) is 35.2 Å². The molecule has 1 saturated heterocycles. The first kappa shape index (κ1) is 23.1. The number of amides is 2. The molecule has 1 N–H and O–H groups in total. The minimum atomic E-state index is -0.214. The zero-order valence-electron chi connectivity index (χ0n) is 18.0. The Morgan fingerprint density at radius 3 is 2.67 bits per heavy atom. The monoisotopic (exact) mass is 481 g/mol. The maximum atomic E-state index is 13.2. The number of hydrogen-bond donors (Lipinski definition) is 1. The molecule has 2 amide bonds. The number of nitrogens with zero attached hydrogens (tertiary/aromatic N) is 4. The normalized spacial score (nSPS) is 15.4. The highest BCUT2D eigenvalue weighted by Gasteiger charge is 2.35. The highest BCUT2D eigenvalue weighted by atomic mass is 35.5. The van der Waals surface area contributed by atoms with Crippen LogP contribution in [-0.2, 0) is 11.3 Å². The molecular weight excluding hydrogens is 458 g/mol. The summed E-state index contributed by atoms with van der Waals surface area (Å²) >= 11 is 7.58. The van der Waals surface area contributed by atoms with Gasteiger partial charge in [-0.05, 0) is 37.1 Å². The van der Waals surface area contributed by atoms with Crippen molar-refractivity contribution in [2.75, 3.05) is 17.6 Å². The van der Waals surface area contributed by atoms with E-state index in [1.165, 1.54) is 11.8 Å². The van der Waals surface area contributed by atoms with Crippen molar-refractivity contribution in [3.63, 3.8) is 0 Å². The fourth-order valence-electron chi connectivity index (χ4n) is 3.87. The maximum Gasteiger partial charge on any atom is 0.255 e. The first-order valence-corrected chi connectivity index (χ1v) is 12.0. The molecule has 2 aromatic carbocycles. The predicted octanol–water partition coefficient (Wildman–Crippen LogP) is 4.83. The van der Waals surface area contributed by atoms with E-state index in [0.717, 1.165) is 18.5 Å². The second-order valence-corrected chi connectivity index (χ2v) is 8.93. The van der Waals surface area contributed by atoms with Crippen molar-refractivity contribution < 1.29 is 9.59 Å². The van der Waals surface area contributed by atoms with Gasteiger partial charge in [0, 0.05) is 18.8 Å². The van der Waals surface area contributed by atoms with Crippen molar-refractivity contribution in [2.45, 2.75) is 30.6 Å². The van der Waals surface area contributed by atoms with Crippen molar-refractivity contribution in [3.8, 4) is 0 Å². The zero-order valence-corrected chi connectivity index (χ0v) is 19.6. The van der Waals surface area contributed by atoms with E-state index < -0.39 is 0 Å². The molecule has 2 heterocycles. The second kappa shape index (κ2) is 10.7. The maximum absolute atomic E-state index is 13.2. The average molecular weight is 482 g/mol. The van der Waals surface area contributed by atoms with Crippen LogP contribution in [0.15, 0.2) is 72.4 Å². The third-order valence-electron chi connectivity index (χ3n) is 5.36. The first-order valence-electron chi connectivity index (χ1n) is 10.7. The number of allylic oxidation sites excluding steroid dienone is 1. The van der Waals surface area contributed by atoms with Gasteiger partial charge >= 0.3 is 0 Å². The summed E-state index contributed by atoms with van der Waals surface area (Å²) in [5, 5.41) is 12.7. The standard InChI is InChI=1S/C24H24ClN5O2S/c1-2-14-30-22(20-13-8-15-29(20)23(32)18-11-6-7-12-19(18)25)27-28-24(30)33-16-21(31)26-17-9-4-3-5-10-17/h2-7,9-12,20H,1,8,13-16H2,(H,26,31). The zero-order chi connectivity index (χ0) is 23.2. The number of carbonyl (C=O) groups excluding carboxylic acids is 2. The summed E-state index contributed by atoms with van der Waals surface area (Å²) < 4.78 is 1.93. The number of nitrogens with one attached hydrogen (secondary N) is 1. The molecule has 1 aliphatic rings. The third kappa shape index (κ3) is 5.29. The van der Waals surface area contributed by atoms with Gasteiger partial charge in [0.05, 0.1) is 22.4 Å². The number of carbonyl (C=O) groups is 2. The number of aromatic nitrogens is 3. The Morgan fingerprint density at radius 1 is 1.15 bits per heavy atom. The Labute approximate surface area is 201 Å². The fourth-order valence-corrected chi connectivity index (χ4v) is 4.84. The number of benzene rings is 2. The summed E-state index contributed by atoms with van der Waals surface area (Å²) in [4.78, 5) is 27.4. The largest absolute Gasteiger partial charge is 0.328 e. The van der Waals surface area contributed by atoms with E-state index in [4.69, 9.17) is 11.6 Å². The van der Waals surface area contributed by atoms with Gasteiger partial charge in [0.15, 0.2) is 11.0 Å². The van der Waals surface area contributed by atoms with Gasteiger partial charge in [-0.1, -0.05) is 59.8 Å². The molecule has 1 fully saturated rings. The average Bonchev–Trinajstić information content (AvgIpc) is 3.45. The van der Waals surface area contributed by atoms with Crippen LogP contribution in [0.25, 0.3) is 0 Å². The molecule has 0 spiro atoms. The van der Waals surface area contributed by atoms with E-state index in [9.17, 15) is 9.59 Å². The van der Waals surface area contributed by atoms with Gasteiger partial charge < -0.3 is 14.8 Å². The van der Waals surface area contributed by atoms with Crippen molar-refractivity contribution in [1.82, 2.24) is 19.7 Å². The van der Waals surface area contributed by atoms with E-state index in [-0.39, 0.29) is 23.6 Å². The Kier molecular flexibility index (Phi) is 7.47. The molecule has 1 aromatic heterocycles. The Hall–Kier alpha value is -3.10. The van der Waals surface area contributed by atoms with E-state index in [0.29, 0.717) is 34.7 Å². The molecule has 0 saturated carbocycles. The first-order chi connectivity index (χ1) is 16.1. The minimum Gasteiger partial charge on any atom is -0.328 e. The topological polar surface area (TPSA) is 80.1 Å². The molecule has 1 unspecified atom stereocenters. The SMILES string of the molecule is C=CCn1c(SCC(=O)Nc2ccccc2)nnc1C1CCCN1C(=O)c1ccccc1Cl. The molecule has 4 rings (SSSR count). The lowest BCUT2D eigenvalue weighted by atomic mass is 10.1. The molecule has 170 valence electrons. The van der Waals surface area contributed by atoms with Crippen molar-refractivity contribution in [3.05, 3.63) is 83.7 Å². The van der Waals surface area contributed by atoms with E-state index >= 15 is 0 Å². The van der Waals surface area contributed by atoms with Gasteiger partial charge in [-0.3, -0.25) is 9.59 Å². The molecule has 9 heteroatoms. The minimum absolute atomic E-state index is 0.118. The predicted molar refractivity (Wildman–Crippen MR) is 130 cm³/mol. The van der Waals surface area contributed by atoms with Crippen LogP contribution in [0.2, 0.25) is 5.02 Å². The molecule has 0 aliphatic carbocycles. The Morgan fingerprint density at radius 2 is 1.91 bits per heavy atom. The summed E-state index contributed by atoms with van der Waals surface area (Å²) in [6.45, 7) is 4.95. The van der Waals surface area contributed by atoms with Crippen LogP contribution < -0.4 is 5.32 Å². The number of hydrogen-bond acceptors (Lipinski definition) is 5. The van der Waals surface area contributed by atoms with Crippen LogP contribution >= 0.6 is 23.4 Å². The van der Waals surface area contributed by atoms with Crippen LogP contribution in [0, 0.1) is 0 Å². The molecule has 33 heavy (non-hydrogen) atoms. The summed E-state index contributed by atoms with van der Waals surface area (Å²) in [7, 11) is 0. The van der Waals surface area contributed by atoms with E-state index in [1.807, 2.05) is 34.9 Å². The van der Waals surface area contributed by atoms with Crippen LogP contribution in [0.1, 0.15) is 35.1 Å². The Balaban J connectivity index is 1.51. The molecule has 7 nitrogen and oxygen atoms in total. The molecule has 0 radical (unpaired) electrons. The molecular formula is C24H24ClN5O2S. The van der Waals surface area contributed by atoms with Crippen LogP contribution in [0.5, 0.6) is 0 Å². The molecule has 0 bridgehead atoms. The third-order valence-corrected chi connectivity index (χ3v) is 6.66. The van der Waals surface area contributed by atoms with Crippen LogP contribution in [0.3, 0.4) is 0 Å². The van der Waals surface area contributed by atoms with Crippen LogP contribution in [0.4, 0.5) is 5.69 Å². The lowest BCUT2D eigenvalue weighted by molar-refractivity contribution is -0.113. The lowest BCUT2D eigenvalue weighted by Gasteiger charge is -2.25. The number of likely N-dealkylation sites (tertiary alicyclic amines) is 1. The summed E-state index contributed by atoms with van der Waals surface area (Å²) in [5.41, 5.74) is 1.23. The lowest BCUT2D eigenvalue weighted by Crippen LogP contribution is -2.32. The van der Waals surface area contributed by atoms with Crippen LogP contribution in [-0.4, -0.2) is 43.8 Å². The van der Waals surface area contributed by atoms with Gasteiger partial charge in [0.2, 0.25) is 5.91 Å². The summed E-state index contributed by atoms with van der Waals surface area (Å²) in [6, 6.07) is 16.2. The smallest absolute Gasteiger partial charge is 0.255 e. The number of rotatable bonds is 8. The number of anilines is 1. The van der Waals surface area contributed by atoms with Gasteiger partial charge in [0.25, 0.3) is 5.91 Å². The van der Waals surface area contributed by atoms with Gasteiger partial charge in [0.1, 0.15) is 0 Å². The molecule has 1 aliphatic heterocycles. The highest BCUT2D eigenvalue weighted by Crippen LogP contribution is 2.34.